The molecule has 0 saturated heterocycles. The highest BCUT2D eigenvalue weighted by Gasteiger charge is 2.20. The van der Waals surface area contributed by atoms with Crippen LogP contribution in [0.1, 0.15) is 57.1 Å². The number of hydrogen-bond donors (Lipinski definition) is 0. The predicted molar refractivity (Wildman–Crippen MR) is 89.7 cm³/mol. The molecule has 124 valence electrons. The van der Waals surface area contributed by atoms with Crippen LogP contribution in [0.15, 0.2) is 24.3 Å². The second-order valence-electron chi connectivity index (χ2n) is 6.50. The van der Waals surface area contributed by atoms with Crippen LogP contribution in [0.5, 0.6) is 0 Å². The first-order valence-electron chi connectivity index (χ1n) is 8.50. The van der Waals surface area contributed by atoms with E-state index in [-0.39, 0.29) is 24.7 Å². The second kappa shape index (κ2) is 8.69. The van der Waals surface area contributed by atoms with Crippen LogP contribution in [0.4, 0.5) is 0 Å². The average Bonchev–Trinajstić information content (AvgIpc) is 2.58. The van der Waals surface area contributed by atoms with Crippen molar-refractivity contribution in [3.63, 3.8) is 0 Å². The molecule has 4 heteroatoms. The summed E-state index contributed by atoms with van der Waals surface area (Å²) in [6.07, 6.45) is 6.09. The van der Waals surface area contributed by atoms with Crippen molar-refractivity contribution < 1.29 is 9.53 Å². The van der Waals surface area contributed by atoms with Crippen LogP contribution in [0.3, 0.4) is 0 Å². The van der Waals surface area contributed by atoms with Gasteiger partial charge in [-0.3, -0.25) is 4.79 Å². The van der Waals surface area contributed by atoms with Gasteiger partial charge in [0.2, 0.25) is 5.91 Å². The lowest BCUT2D eigenvalue weighted by Crippen LogP contribution is -2.39. The van der Waals surface area contributed by atoms with Gasteiger partial charge in [0.05, 0.1) is 17.7 Å². The SMILES string of the molecule is CC(C)N(Cc1ccc(C#N)cc1)C(=O)COC1CCCCC1. The van der Waals surface area contributed by atoms with E-state index in [1.54, 1.807) is 12.1 Å². The topological polar surface area (TPSA) is 53.3 Å². The van der Waals surface area contributed by atoms with Crippen molar-refractivity contribution in [3.8, 4) is 6.07 Å². The molecule has 2 rings (SSSR count). The van der Waals surface area contributed by atoms with E-state index < -0.39 is 0 Å². The maximum atomic E-state index is 12.5. The van der Waals surface area contributed by atoms with Crippen molar-refractivity contribution >= 4 is 5.91 Å². The summed E-state index contributed by atoms with van der Waals surface area (Å²) >= 11 is 0. The molecule has 0 bridgehead atoms. The monoisotopic (exact) mass is 314 g/mol. The van der Waals surface area contributed by atoms with Crippen molar-refractivity contribution in [2.75, 3.05) is 6.61 Å². The van der Waals surface area contributed by atoms with E-state index in [2.05, 4.69) is 6.07 Å². The average molecular weight is 314 g/mol. The lowest BCUT2D eigenvalue weighted by Gasteiger charge is -2.28. The molecule has 0 N–H and O–H groups in total. The number of amides is 1. The Bertz CT molecular complexity index is 539. The van der Waals surface area contributed by atoms with Crippen molar-refractivity contribution in [1.29, 1.82) is 5.26 Å². The van der Waals surface area contributed by atoms with Gasteiger partial charge in [-0.1, -0.05) is 31.4 Å². The van der Waals surface area contributed by atoms with E-state index in [1.807, 2.05) is 30.9 Å². The van der Waals surface area contributed by atoms with E-state index in [9.17, 15) is 4.79 Å². The second-order valence-corrected chi connectivity index (χ2v) is 6.50. The molecule has 23 heavy (non-hydrogen) atoms. The minimum Gasteiger partial charge on any atom is -0.368 e. The Kier molecular flexibility index (Phi) is 6.61. The van der Waals surface area contributed by atoms with Gasteiger partial charge in [0.15, 0.2) is 0 Å². The zero-order valence-corrected chi connectivity index (χ0v) is 14.1. The lowest BCUT2D eigenvalue weighted by atomic mass is 9.98. The van der Waals surface area contributed by atoms with Gasteiger partial charge in [-0.15, -0.1) is 0 Å². The summed E-state index contributed by atoms with van der Waals surface area (Å²) in [5, 5.41) is 8.85. The fourth-order valence-electron chi connectivity index (χ4n) is 2.94. The van der Waals surface area contributed by atoms with Gasteiger partial charge in [-0.25, -0.2) is 0 Å². The van der Waals surface area contributed by atoms with Gasteiger partial charge < -0.3 is 9.64 Å². The predicted octanol–water partition coefficient (Wildman–Crippen LogP) is 3.64. The highest BCUT2D eigenvalue weighted by atomic mass is 16.5. The minimum absolute atomic E-state index is 0.0370. The first-order valence-corrected chi connectivity index (χ1v) is 8.50. The van der Waals surface area contributed by atoms with Gasteiger partial charge in [0, 0.05) is 12.6 Å². The van der Waals surface area contributed by atoms with Gasteiger partial charge >= 0.3 is 0 Å². The van der Waals surface area contributed by atoms with Gasteiger partial charge in [0.1, 0.15) is 6.61 Å². The molecular formula is C19H26N2O2. The third kappa shape index (κ3) is 5.37. The number of ether oxygens (including phenoxy) is 1. The molecule has 0 aromatic heterocycles. The molecule has 1 aliphatic carbocycles. The Hall–Kier alpha value is -1.86. The maximum absolute atomic E-state index is 12.5. The lowest BCUT2D eigenvalue weighted by molar-refractivity contribution is -0.141. The van der Waals surface area contributed by atoms with E-state index >= 15 is 0 Å². The van der Waals surface area contributed by atoms with Crippen LogP contribution in [0.2, 0.25) is 0 Å². The molecule has 0 aliphatic heterocycles. The Morgan fingerprint density at radius 2 is 1.91 bits per heavy atom. The summed E-state index contributed by atoms with van der Waals surface area (Å²) in [6.45, 7) is 4.75. The van der Waals surface area contributed by atoms with E-state index in [0.29, 0.717) is 12.1 Å². The van der Waals surface area contributed by atoms with Crippen LogP contribution < -0.4 is 0 Å². The standard InChI is InChI=1S/C19H26N2O2/c1-15(2)21(13-17-10-8-16(12-20)9-11-17)19(22)14-23-18-6-4-3-5-7-18/h8-11,15,18H,3-7,13-14H2,1-2H3. The Balaban J connectivity index is 1.91. The molecule has 1 aliphatic rings. The van der Waals surface area contributed by atoms with Gasteiger partial charge in [-0.2, -0.15) is 5.26 Å². The van der Waals surface area contributed by atoms with Crippen molar-refractivity contribution in [2.45, 2.75) is 64.6 Å². The minimum atomic E-state index is 0.0370. The first-order chi connectivity index (χ1) is 11.1. The number of carbonyl (C=O) groups excluding carboxylic acids is 1. The van der Waals surface area contributed by atoms with Crippen molar-refractivity contribution in [1.82, 2.24) is 4.90 Å². The van der Waals surface area contributed by atoms with Crippen molar-refractivity contribution in [2.24, 2.45) is 0 Å². The summed E-state index contributed by atoms with van der Waals surface area (Å²) in [7, 11) is 0. The number of hydrogen-bond acceptors (Lipinski definition) is 3. The Morgan fingerprint density at radius 3 is 2.48 bits per heavy atom. The molecule has 0 unspecified atom stereocenters. The van der Waals surface area contributed by atoms with Gasteiger partial charge in [0.25, 0.3) is 0 Å². The van der Waals surface area contributed by atoms with Crippen LogP contribution in [-0.4, -0.2) is 29.6 Å². The number of nitriles is 1. The number of nitrogens with zero attached hydrogens (tertiary/aromatic N) is 2. The highest BCUT2D eigenvalue weighted by Crippen LogP contribution is 2.20. The smallest absolute Gasteiger partial charge is 0.249 e. The summed E-state index contributed by atoms with van der Waals surface area (Å²) in [4.78, 5) is 14.3. The van der Waals surface area contributed by atoms with E-state index in [1.165, 1.54) is 19.3 Å². The summed E-state index contributed by atoms with van der Waals surface area (Å²) in [5.74, 6) is 0.0370. The molecule has 1 saturated carbocycles. The number of carbonyl (C=O) groups is 1. The number of rotatable bonds is 6. The fourth-order valence-corrected chi connectivity index (χ4v) is 2.94. The number of benzene rings is 1. The molecule has 0 heterocycles. The van der Waals surface area contributed by atoms with Crippen LogP contribution >= 0.6 is 0 Å². The Labute approximate surface area is 139 Å². The quantitative estimate of drug-likeness (QED) is 0.805. The van der Waals surface area contributed by atoms with E-state index in [0.717, 1.165) is 18.4 Å². The molecule has 0 radical (unpaired) electrons. The molecule has 1 aromatic carbocycles. The molecule has 0 atom stereocenters. The first kappa shape index (κ1) is 17.5. The fraction of sp³-hybridized carbons (Fsp3) is 0.579. The van der Waals surface area contributed by atoms with E-state index in [4.69, 9.17) is 10.00 Å². The summed E-state index contributed by atoms with van der Waals surface area (Å²) in [6, 6.07) is 9.62. The normalized spacial score (nSPS) is 15.4. The van der Waals surface area contributed by atoms with Crippen LogP contribution in [0, 0.1) is 11.3 Å². The molecular weight excluding hydrogens is 288 g/mol. The summed E-state index contributed by atoms with van der Waals surface area (Å²) < 4.78 is 5.82. The molecule has 0 spiro atoms. The molecule has 1 fully saturated rings. The van der Waals surface area contributed by atoms with Gasteiger partial charge in [-0.05, 0) is 44.4 Å². The Morgan fingerprint density at radius 1 is 1.26 bits per heavy atom. The summed E-state index contributed by atoms with van der Waals surface area (Å²) in [5.41, 5.74) is 1.67. The van der Waals surface area contributed by atoms with Crippen LogP contribution in [-0.2, 0) is 16.1 Å². The van der Waals surface area contributed by atoms with Crippen LogP contribution in [0.25, 0.3) is 0 Å². The molecule has 4 nitrogen and oxygen atoms in total. The third-order valence-electron chi connectivity index (χ3n) is 4.37. The largest absolute Gasteiger partial charge is 0.368 e. The zero-order chi connectivity index (χ0) is 16.7. The maximum Gasteiger partial charge on any atom is 0.249 e. The molecule has 1 amide bonds. The molecule has 1 aromatic rings. The highest BCUT2D eigenvalue weighted by molar-refractivity contribution is 5.77. The zero-order valence-electron chi connectivity index (χ0n) is 14.1. The third-order valence-corrected chi connectivity index (χ3v) is 4.37. The van der Waals surface area contributed by atoms with Crippen molar-refractivity contribution in [3.05, 3.63) is 35.4 Å².